The van der Waals surface area contributed by atoms with Crippen LogP contribution in [0.3, 0.4) is 0 Å². The van der Waals surface area contributed by atoms with E-state index in [1.807, 2.05) is 0 Å². The van der Waals surface area contributed by atoms with Gasteiger partial charge in [0, 0.05) is 12.8 Å². The lowest BCUT2D eigenvalue weighted by molar-refractivity contribution is -0.161. The van der Waals surface area contributed by atoms with Crippen LogP contribution in [0, 0.1) is 0 Å². The van der Waals surface area contributed by atoms with Gasteiger partial charge in [0.1, 0.15) is 12.7 Å². The Balaban J connectivity index is 4.32. The molecule has 0 aliphatic rings. The number of carbonyl (C=O) groups excluding carboxylic acids is 2. The van der Waals surface area contributed by atoms with Crippen LogP contribution in [0.1, 0.15) is 194 Å². The summed E-state index contributed by atoms with van der Waals surface area (Å²) in [5, 5.41) is 18.3. The van der Waals surface area contributed by atoms with Crippen LogP contribution < -0.4 is 0 Å². The van der Waals surface area contributed by atoms with Crippen molar-refractivity contribution < 1.29 is 47.8 Å². The Morgan fingerprint density at radius 2 is 0.943 bits per heavy atom. The average Bonchev–Trinajstić information content (AvgIpc) is 3.14. The summed E-state index contributed by atoms with van der Waals surface area (Å²) in [5.41, 5.74) is 0. The molecule has 0 aliphatic carbocycles. The Morgan fingerprint density at radius 3 is 1.43 bits per heavy atom. The molecule has 11 heteroatoms. The first-order chi connectivity index (χ1) is 25.7. The summed E-state index contributed by atoms with van der Waals surface area (Å²) in [4.78, 5) is 34.9. The summed E-state index contributed by atoms with van der Waals surface area (Å²) < 4.78 is 32.7. The molecular weight excluding hydrogens is 695 g/mol. The number of carbonyl (C=O) groups is 2. The van der Waals surface area contributed by atoms with E-state index in [1.165, 1.54) is 109 Å². The van der Waals surface area contributed by atoms with Gasteiger partial charge in [-0.2, -0.15) is 0 Å². The number of phosphoric ester groups is 1. The summed E-state index contributed by atoms with van der Waals surface area (Å²) in [5.74, 6) is -0.941. The normalized spacial score (nSPS) is 14.1. The SMILES string of the molecule is CCCC/C=C/CCCCCCCCCCCC(=O)OC[C@H](COP(=O)(O)OC[C@@H](O)CO)OC(=O)CCCCC/C=C/CCCCCCCCCC. The Bertz CT molecular complexity index is 941. The highest BCUT2D eigenvalue weighted by molar-refractivity contribution is 7.47. The van der Waals surface area contributed by atoms with Crippen LogP contribution in [0.25, 0.3) is 0 Å². The lowest BCUT2D eigenvalue weighted by Crippen LogP contribution is -2.29. The van der Waals surface area contributed by atoms with E-state index in [2.05, 4.69) is 42.7 Å². The number of hydrogen-bond donors (Lipinski definition) is 3. The van der Waals surface area contributed by atoms with Gasteiger partial charge in [0.05, 0.1) is 19.8 Å². The summed E-state index contributed by atoms with van der Waals surface area (Å²) in [6.45, 7) is 2.34. The minimum absolute atomic E-state index is 0.166. The number of aliphatic hydroxyl groups is 2. The van der Waals surface area contributed by atoms with E-state index in [1.54, 1.807) is 0 Å². The molecule has 10 nitrogen and oxygen atoms in total. The maximum Gasteiger partial charge on any atom is 0.472 e. The van der Waals surface area contributed by atoms with Crippen LogP contribution in [-0.2, 0) is 32.7 Å². The number of unbranched alkanes of at least 4 members (excludes halogenated alkanes) is 22. The van der Waals surface area contributed by atoms with Gasteiger partial charge < -0.3 is 24.6 Å². The molecule has 0 bridgehead atoms. The zero-order valence-corrected chi connectivity index (χ0v) is 34.6. The average molecular weight is 775 g/mol. The van der Waals surface area contributed by atoms with Gasteiger partial charge in [0.25, 0.3) is 0 Å². The number of aliphatic hydroxyl groups excluding tert-OH is 2. The largest absolute Gasteiger partial charge is 0.472 e. The van der Waals surface area contributed by atoms with E-state index >= 15 is 0 Å². The van der Waals surface area contributed by atoms with E-state index in [0.29, 0.717) is 12.8 Å². The smallest absolute Gasteiger partial charge is 0.462 e. The molecule has 0 radical (unpaired) electrons. The molecule has 0 spiro atoms. The van der Waals surface area contributed by atoms with Crippen LogP contribution in [-0.4, -0.2) is 65.7 Å². The number of allylic oxidation sites excluding steroid dienone is 4. The Labute approximate surface area is 323 Å². The monoisotopic (exact) mass is 775 g/mol. The molecule has 0 saturated carbocycles. The molecule has 0 aromatic carbocycles. The zero-order chi connectivity index (χ0) is 39.1. The van der Waals surface area contributed by atoms with Crippen molar-refractivity contribution in [3.63, 3.8) is 0 Å². The zero-order valence-electron chi connectivity index (χ0n) is 33.7. The van der Waals surface area contributed by atoms with E-state index < -0.39 is 51.8 Å². The quantitative estimate of drug-likeness (QED) is 0.0238. The fraction of sp³-hybridized carbons (Fsp3) is 0.857. The minimum Gasteiger partial charge on any atom is -0.462 e. The third-order valence-electron chi connectivity index (χ3n) is 9.08. The van der Waals surface area contributed by atoms with Crippen molar-refractivity contribution in [2.45, 2.75) is 206 Å². The fourth-order valence-corrected chi connectivity index (χ4v) is 6.52. The third kappa shape index (κ3) is 38.5. The van der Waals surface area contributed by atoms with Crippen molar-refractivity contribution in [2.75, 3.05) is 26.4 Å². The third-order valence-corrected chi connectivity index (χ3v) is 10.0. The molecule has 0 saturated heterocycles. The second kappa shape index (κ2) is 38.7. The van der Waals surface area contributed by atoms with Gasteiger partial charge in [-0.1, -0.05) is 147 Å². The molecule has 3 N–H and O–H groups in total. The van der Waals surface area contributed by atoms with Crippen LogP contribution in [0.2, 0.25) is 0 Å². The minimum atomic E-state index is -4.62. The molecule has 0 aromatic rings. The Kier molecular flexibility index (Phi) is 37.6. The van der Waals surface area contributed by atoms with Crippen molar-refractivity contribution in [2.24, 2.45) is 0 Å². The lowest BCUT2D eigenvalue weighted by Gasteiger charge is -2.20. The van der Waals surface area contributed by atoms with Crippen LogP contribution in [0.5, 0.6) is 0 Å². The highest BCUT2D eigenvalue weighted by atomic mass is 31.2. The maximum absolute atomic E-state index is 12.6. The van der Waals surface area contributed by atoms with E-state index in [0.717, 1.165) is 44.9 Å². The molecule has 312 valence electrons. The summed E-state index contributed by atoms with van der Waals surface area (Å²) >= 11 is 0. The van der Waals surface area contributed by atoms with Gasteiger partial charge in [0.2, 0.25) is 0 Å². The van der Waals surface area contributed by atoms with Gasteiger partial charge in [-0.05, 0) is 57.8 Å². The Hall–Kier alpha value is -1.55. The van der Waals surface area contributed by atoms with Crippen molar-refractivity contribution in [1.29, 1.82) is 0 Å². The molecule has 1 unspecified atom stereocenters. The van der Waals surface area contributed by atoms with E-state index in [9.17, 15) is 24.2 Å². The van der Waals surface area contributed by atoms with Crippen LogP contribution >= 0.6 is 7.82 Å². The van der Waals surface area contributed by atoms with Gasteiger partial charge in [-0.15, -0.1) is 0 Å². The maximum atomic E-state index is 12.6. The number of rotatable bonds is 40. The number of esters is 2. The second-order valence-corrected chi connectivity index (χ2v) is 15.8. The van der Waals surface area contributed by atoms with Crippen molar-refractivity contribution in [3.8, 4) is 0 Å². The Morgan fingerprint density at radius 1 is 0.547 bits per heavy atom. The predicted octanol–water partition coefficient (Wildman–Crippen LogP) is 11.0. The molecule has 0 fully saturated rings. The fourth-order valence-electron chi connectivity index (χ4n) is 5.73. The first-order valence-electron chi connectivity index (χ1n) is 21.3. The molecule has 0 heterocycles. The topological polar surface area (TPSA) is 149 Å². The molecule has 0 aliphatic heterocycles. The van der Waals surface area contributed by atoms with Crippen LogP contribution in [0.15, 0.2) is 24.3 Å². The van der Waals surface area contributed by atoms with E-state index in [-0.39, 0.29) is 19.4 Å². The van der Waals surface area contributed by atoms with Gasteiger partial charge in [0.15, 0.2) is 6.10 Å². The highest BCUT2D eigenvalue weighted by Crippen LogP contribution is 2.43. The standard InChI is InChI=1S/C42H79O10P/c1-3-5-7-9-11-13-15-17-19-21-23-25-27-29-31-33-41(45)49-37-40(38-51-53(47,48)50-36-39(44)35-43)52-42(46)34-32-30-28-26-24-22-20-18-16-14-12-10-8-6-4-2/h9,11,22,24,39-40,43-44H,3-8,10,12-21,23,25-38H2,1-2H3,(H,47,48)/b11-9+,24-22+/t39-,40+/m0/s1. The highest BCUT2D eigenvalue weighted by Gasteiger charge is 2.27. The first-order valence-corrected chi connectivity index (χ1v) is 22.8. The summed E-state index contributed by atoms with van der Waals surface area (Å²) in [6.07, 6.45) is 37.1. The molecule has 0 aromatic heterocycles. The van der Waals surface area contributed by atoms with Crippen molar-refractivity contribution in [3.05, 3.63) is 24.3 Å². The summed E-state index contributed by atoms with van der Waals surface area (Å²) in [7, 11) is -4.62. The summed E-state index contributed by atoms with van der Waals surface area (Å²) in [6, 6.07) is 0. The number of phosphoric acid groups is 1. The molecular formula is C42H79O10P. The predicted molar refractivity (Wildman–Crippen MR) is 215 cm³/mol. The number of ether oxygens (including phenoxy) is 2. The van der Waals surface area contributed by atoms with Crippen molar-refractivity contribution in [1.82, 2.24) is 0 Å². The van der Waals surface area contributed by atoms with Crippen molar-refractivity contribution >= 4 is 19.8 Å². The van der Waals surface area contributed by atoms with Gasteiger partial charge in [-0.3, -0.25) is 18.6 Å². The van der Waals surface area contributed by atoms with E-state index in [4.69, 9.17) is 19.1 Å². The van der Waals surface area contributed by atoms with Gasteiger partial charge in [-0.25, -0.2) is 4.57 Å². The second-order valence-electron chi connectivity index (χ2n) is 14.4. The lowest BCUT2D eigenvalue weighted by atomic mass is 10.1. The molecule has 0 amide bonds. The molecule has 3 atom stereocenters. The molecule has 53 heavy (non-hydrogen) atoms. The number of hydrogen-bond acceptors (Lipinski definition) is 9. The molecule has 0 rings (SSSR count). The van der Waals surface area contributed by atoms with Gasteiger partial charge >= 0.3 is 19.8 Å². The van der Waals surface area contributed by atoms with Crippen LogP contribution in [0.4, 0.5) is 0 Å². The first kappa shape index (κ1) is 51.5.